The summed E-state index contributed by atoms with van der Waals surface area (Å²) in [5.41, 5.74) is -3.85. The van der Waals surface area contributed by atoms with Gasteiger partial charge in [-0.2, -0.15) is 0 Å². The Labute approximate surface area is 141 Å². The summed E-state index contributed by atoms with van der Waals surface area (Å²) >= 11 is 0. The van der Waals surface area contributed by atoms with Crippen molar-refractivity contribution in [1.82, 2.24) is 4.98 Å². The van der Waals surface area contributed by atoms with Crippen molar-refractivity contribution in [2.75, 3.05) is 7.11 Å². The van der Waals surface area contributed by atoms with Gasteiger partial charge in [0.25, 0.3) is 5.41 Å². The van der Waals surface area contributed by atoms with E-state index in [0.29, 0.717) is 5.75 Å². The number of carbonyl (C=O) groups excluding carboxylic acids is 2. The molecule has 2 aromatic rings. The Hall–Kier alpha value is -3.55. The minimum Gasteiger partial charge on any atom is -0.497 e. The highest BCUT2D eigenvalue weighted by atomic mass is 16.5. The second-order valence-corrected chi connectivity index (χ2v) is 4.99. The largest absolute Gasteiger partial charge is 0.497 e. The van der Waals surface area contributed by atoms with E-state index in [9.17, 15) is 29.4 Å². The van der Waals surface area contributed by atoms with E-state index in [2.05, 4.69) is 4.98 Å². The van der Waals surface area contributed by atoms with Crippen LogP contribution in [0.15, 0.2) is 48.8 Å². The van der Waals surface area contributed by atoms with Gasteiger partial charge in [-0.05, 0) is 36.4 Å². The Morgan fingerprint density at radius 3 is 1.92 bits per heavy atom. The molecule has 128 valence electrons. The lowest BCUT2D eigenvalue weighted by Crippen LogP contribution is -2.52. The average molecular weight is 343 g/mol. The summed E-state index contributed by atoms with van der Waals surface area (Å²) < 4.78 is 4.93. The number of carboxylic acids is 2. The van der Waals surface area contributed by atoms with Gasteiger partial charge in [-0.15, -0.1) is 0 Å². The second kappa shape index (κ2) is 6.91. The van der Waals surface area contributed by atoms with Gasteiger partial charge in [0, 0.05) is 23.5 Å². The first kappa shape index (κ1) is 17.8. The smallest absolute Gasteiger partial charge is 0.337 e. The molecule has 1 aromatic carbocycles. The number of nitrogens with zero attached hydrogens (tertiary/aromatic N) is 1. The van der Waals surface area contributed by atoms with Crippen molar-refractivity contribution < 1.29 is 34.1 Å². The van der Waals surface area contributed by atoms with Crippen molar-refractivity contribution in [2.24, 2.45) is 5.41 Å². The molecule has 0 fully saturated rings. The number of ketones is 2. The highest BCUT2D eigenvalue weighted by molar-refractivity contribution is 6.41. The molecule has 1 heterocycles. The highest BCUT2D eigenvalue weighted by Gasteiger charge is 2.60. The van der Waals surface area contributed by atoms with Crippen molar-refractivity contribution >= 4 is 23.5 Å². The van der Waals surface area contributed by atoms with E-state index in [1.807, 2.05) is 0 Å². The maximum atomic E-state index is 12.7. The lowest BCUT2D eigenvalue weighted by molar-refractivity contribution is -0.156. The third-order valence-corrected chi connectivity index (χ3v) is 3.60. The van der Waals surface area contributed by atoms with E-state index in [4.69, 9.17) is 4.74 Å². The minimum atomic E-state index is -3.31. The van der Waals surface area contributed by atoms with E-state index in [-0.39, 0.29) is 11.1 Å². The van der Waals surface area contributed by atoms with Gasteiger partial charge in [-0.1, -0.05) is 0 Å². The number of rotatable bonds is 7. The zero-order valence-corrected chi connectivity index (χ0v) is 13.0. The molecule has 0 atom stereocenters. The minimum absolute atomic E-state index is 0.247. The number of aliphatic carboxylic acids is 2. The van der Waals surface area contributed by atoms with Crippen molar-refractivity contribution in [3.8, 4) is 5.75 Å². The zero-order chi connectivity index (χ0) is 18.6. The number of hydrogen-bond acceptors (Lipinski definition) is 6. The summed E-state index contributed by atoms with van der Waals surface area (Å²) in [6.45, 7) is 0. The molecule has 0 bridgehead atoms. The Kier molecular flexibility index (Phi) is 4.92. The fraction of sp³-hybridized carbons (Fsp3) is 0.118. The maximum absolute atomic E-state index is 12.7. The first-order valence-corrected chi connectivity index (χ1v) is 6.96. The first-order chi connectivity index (χ1) is 11.9. The highest BCUT2D eigenvalue weighted by Crippen LogP contribution is 2.30. The normalized spacial score (nSPS) is 10.8. The Bertz CT molecular complexity index is 814. The van der Waals surface area contributed by atoms with Crippen LogP contribution >= 0.6 is 0 Å². The van der Waals surface area contributed by atoms with Crippen LogP contribution in [-0.4, -0.2) is 45.8 Å². The topological polar surface area (TPSA) is 131 Å². The molecule has 0 aliphatic rings. The van der Waals surface area contributed by atoms with Crippen LogP contribution in [0.1, 0.15) is 20.7 Å². The standard InChI is InChI=1S/C17H13NO7/c1-25-12-6-4-10(5-7-12)13(19)17(15(21)22,16(23)24)14(20)11-3-2-8-18-9-11/h2-9H,1H3,(H,21,22)(H,23,24). The molecular formula is C17H13NO7. The van der Waals surface area contributed by atoms with Crippen LogP contribution in [0.25, 0.3) is 0 Å². The van der Waals surface area contributed by atoms with Gasteiger partial charge in [-0.3, -0.25) is 14.6 Å². The van der Waals surface area contributed by atoms with Crippen LogP contribution in [0.5, 0.6) is 5.75 Å². The molecule has 0 amide bonds. The molecule has 2 rings (SSSR count). The molecule has 0 spiro atoms. The molecule has 0 saturated carbocycles. The number of hydrogen-bond donors (Lipinski definition) is 2. The molecular weight excluding hydrogens is 330 g/mol. The zero-order valence-electron chi connectivity index (χ0n) is 13.0. The molecule has 8 nitrogen and oxygen atoms in total. The average Bonchev–Trinajstić information content (AvgIpc) is 2.62. The molecule has 0 saturated heterocycles. The third kappa shape index (κ3) is 2.97. The van der Waals surface area contributed by atoms with Crippen molar-refractivity contribution in [2.45, 2.75) is 0 Å². The van der Waals surface area contributed by atoms with E-state index < -0.39 is 28.9 Å². The predicted octanol–water partition coefficient (Wildman–Crippen LogP) is 1.31. The van der Waals surface area contributed by atoms with E-state index in [1.165, 1.54) is 49.7 Å². The van der Waals surface area contributed by atoms with E-state index in [1.54, 1.807) is 0 Å². The van der Waals surface area contributed by atoms with E-state index >= 15 is 0 Å². The molecule has 0 aliphatic heterocycles. The van der Waals surface area contributed by atoms with Gasteiger partial charge < -0.3 is 14.9 Å². The summed E-state index contributed by atoms with van der Waals surface area (Å²) in [5, 5.41) is 19.0. The fourth-order valence-corrected chi connectivity index (χ4v) is 2.26. The summed E-state index contributed by atoms with van der Waals surface area (Å²) in [6, 6.07) is 7.62. The molecule has 25 heavy (non-hydrogen) atoms. The van der Waals surface area contributed by atoms with Crippen LogP contribution in [0, 0.1) is 5.41 Å². The third-order valence-electron chi connectivity index (χ3n) is 3.60. The number of carbonyl (C=O) groups is 4. The van der Waals surface area contributed by atoms with Gasteiger partial charge in [0.05, 0.1) is 7.11 Å². The number of ether oxygens (including phenoxy) is 1. The number of aromatic nitrogens is 1. The Morgan fingerprint density at radius 2 is 1.48 bits per heavy atom. The second-order valence-electron chi connectivity index (χ2n) is 4.99. The summed E-state index contributed by atoms with van der Waals surface area (Å²) in [6.07, 6.45) is 2.33. The Balaban J connectivity index is 2.62. The van der Waals surface area contributed by atoms with Crippen LogP contribution in [0.4, 0.5) is 0 Å². The molecule has 0 unspecified atom stereocenters. The van der Waals surface area contributed by atoms with Crippen LogP contribution in [0.2, 0.25) is 0 Å². The van der Waals surface area contributed by atoms with Crippen molar-refractivity contribution in [3.63, 3.8) is 0 Å². The predicted molar refractivity (Wildman–Crippen MR) is 83.6 cm³/mol. The van der Waals surface area contributed by atoms with E-state index in [0.717, 1.165) is 6.20 Å². The van der Waals surface area contributed by atoms with Crippen LogP contribution in [0.3, 0.4) is 0 Å². The molecule has 1 aromatic heterocycles. The number of benzene rings is 1. The quantitative estimate of drug-likeness (QED) is 0.568. The summed E-state index contributed by atoms with van der Waals surface area (Å²) in [7, 11) is 1.39. The fourth-order valence-electron chi connectivity index (χ4n) is 2.26. The summed E-state index contributed by atoms with van der Waals surface area (Å²) in [5.74, 6) is -6.50. The SMILES string of the molecule is COc1ccc(C(=O)C(C(=O)O)(C(=O)O)C(=O)c2cccnc2)cc1. The maximum Gasteiger partial charge on any atom is 0.337 e. The number of Topliss-reactive ketones (excluding diaryl/α,β-unsaturated/α-hetero) is 2. The van der Waals surface area contributed by atoms with Crippen LogP contribution in [-0.2, 0) is 9.59 Å². The van der Waals surface area contributed by atoms with Crippen molar-refractivity contribution in [1.29, 1.82) is 0 Å². The molecule has 2 N–H and O–H groups in total. The number of methoxy groups -OCH3 is 1. The van der Waals surface area contributed by atoms with Gasteiger partial charge in [0.2, 0.25) is 5.78 Å². The lowest BCUT2D eigenvalue weighted by Gasteiger charge is -2.22. The summed E-state index contributed by atoms with van der Waals surface area (Å²) in [4.78, 5) is 52.5. The lowest BCUT2D eigenvalue weighted by atomic mass is 9.74. The number of carboxylic acid groups (broad SMARTS) is 2. The van der Waals surface area contributed by atoms with Gasteiger partial charge in [0.1, 0.15) is 5.75 Å². The molecule has 0 radical (unpaired) electrons. The molecule has 0 aliphatic carbocycles. The van der Waals surface area contributed by atoms with Gasteiger partial charge >= 0.3 is 11.9 Å². The van der Waals surface area contributed by atoms with Crippen LogP contribution < -0.4 is 4.74 Å². The Morgan fingerprint density at radius 1 is 0.920 bits per heavy atom. The van der Waals surface area contributed by atoms with Gasteiger partial charge in [-0.25, -0.2) is 9.59 Å². The van der Waals surface area contributed by atoms with Crippen molar-refractivity contribution in [3.05, 3.63) is 59.9 Å². The number of pyridine rings is 1. The monoisotopic (exact) mass is 343 g/mol. The van der Waals surface area contributed by atoms with Gasteiger partial charge in [0.15, 0.2) is 5.78 Å². The first-order valence-electron chi connectivity index (χ1n) is 6.96. The molecule has 8 heteroatoms.